The van der Waals surface area contributed by atoms with Crippen molar-refractivity contribution < 1.29 is 9.90 Å². The summed E-state index contributed by atoms with van der Waals surface area (Å²) in [5.74, 6) is -0.651. The van der Waals surface area contributed by atoms with Crippen molar-refractivity contribution in [3.8, 4) is 0 Å². The Labute approximate surface area is 255 Å². The van der Waals surface area contributed by atoms with Crippen LogP contribution in [0.25, 0.3) is 0 Å². The highest BCUT2D eigenvalue weighted by atomic mass is 35.7. The minimum Gasteiger partial charge on any atom is -0.481 e. The van der Waals surface area contributed by atoms with Gasteiger partial charge in [0, 0.05) is 6.42 Å². The van der Waals surface area contributed by atoms with Gasteiger partial charge in [-0.3, -0.25) is 4.79 Å². The molecule has 0 rings (SSSR count). The molecular formula is C34H68Cl2O2Si. The molecule has 0 aliphatic heterocycles. The Morgan fingerprint density at radius 3 is 0.769 bits per heavy atom. The van der Waals surface area contributed by atoms with E-state index in [0.29, 0.717) is 6.42 Å². The average Bonchev–Trinajstić information content (AvgIpc) is 2.88. The molecule has 0 unspecified atom stereocenters. The van der Waals surface area contributed by atoms with Gasteiger partial charge in [0.1, 0.15) is 0 Å². The number of hydrogen-bond donors (Lipinski definition) is 1. The van der Waals surface area contributed by atoms with Crippen molar-refractivity contribution in [2.24, 2.45) is 0 Å². The van der Waals surface area contributed by atoms with Gasteiger partial charge in [0.05, 0.1) is 0 Å². The lowest BCUT2D eigenvalue weighted by Crippen LogP contribution is -2.11. The fourth-order valence-electron chi connectivity index (χ4n) is 5.66. The van der Waals surface area contributed by atoms with Crippen LogP contribution in [0.15, 0.2) is 0 Å². The van der Waals surface area contributed by atoms with Crippen molar-refractivity contribution in [2.45, 2.75) is 212 Å². The summed E-state index contributed by atoms with van der Waals surface area (Å²) in [6.07, 6.45) is 41.6. The van der Waals surface area contributed by atoms with Gasteiger partial charge in [-0.25, -0.2) is 0 Å². The zero-order chi connectivity index (χ0) is 28.7. The number of halogens is 2. The molecule has 0 radical (unpaired) electrons. The third-order valence-electron chi connectivity index (χ3n) is 8.26. The number of unbranched alkanes of at least 4 members (excludes halogenated alkanes) is 29. The van der Waals surface area contributed by atoms with Crippen LogP contribution in [0, 0.1) is 0 Å². The number of carbonyl (C=O) groups is 1. The number of aliphatic carboxylic acids is 1. The van der Waals surface area contributed by atoms with E-state index in [1.807, 2.05) is 6.55 Å². The summed E-state index contributed by atoms with van der Waals surface area (Å²) in [5, 5.41) is 8.63. The van der Waals surface area contributed by atoms with Gasteiger partial charge in [-0.2, -0.15) is 0 Å². The van der Waals surface area contributed by atoms with E-state index in [-0.39, 0.29) is 0 Å². The summed E-state index contributed by atoms with van der Waals surface area (Å²) in [6, 6.07) is 1.06. The molecule has 0 aromatic carbocycles. The maximum atomic E-state index is 10.5. The summed E-state index contributed by atoms with van der Waals surface area (Å²) in [6.45, 7) is 0.187. The summed E-state index contributed by atoms with van der Waals surface area (Å²) in [4.78, 5) is 10.5. The molecule has 0 aromatic rings. The largest absolute Gasteiger partial charge is 0.481 e. The Morgan fingerprint density at radius 2 is 0.590 bits per heavy atom. The van der Waals surface area contributed by atoms with Gasteiger partial charge in [0.15, 0.2) is 0 Å². The van der Waals surface area contributed by atoms with Crippen LogP contribution in [-0.2, 0) is 4.79 Å². The molecule has 0 bridgehead atoms. The lowest BCUT2D eigenvalue weighted by atomic mass is 10.0. The first-order chi connectivity index (χ1) is 18.9. The fourth-order valence-corrected chi connectivity index (χ4v) is 7.33. The molecule has 2 nitrogen and oxygen atoms in total. The van der Waals surface area contributed by atoms with Gasteiger partial charge in [-0.05, 0) is 19.0 Å². The minimum absolute atomic E-state index is 0.343. The standard InChI is InChI=1S/C34H68Cl2O2Si/c1-39(35,36)33-31-29-27-25-23-21-19-17-15-13-11-9-7-5-3-2-4-6-8-10-12-14-16-18-20-22-24-26-28-30-32-34(37)38/h2-33H2,1H3,(H,37,38). The molecule has 0 amide bonds. The zero-order valence-electron chi connectivity index (χ0n) is 26.2. The van der Waals surface area contributed by atoms with E-state index in [1.165, 1.54) is 180 Å². The predicted molar refractivity (Wildman–Crippen MR) is 179 cm³/mol. The van der Waals surface area contributed by atoms with Crippen LogP contribution in [-0.4, -0.2) is 17.8 Å². The summed E-state index contributed by atoms with van der Waals surface area (Å²) >= 11 is 12.3. The minimum atomic E-state index is -1.85. The van der Waals surface area contributed by atoms with Crippen molar-refractivity contribution >= 4 is 34.8 Å². The molecular weight excluding hydrogens is 539 g/mol. The molecule has 0 aromatic heterocycles. The summed E-state index contributed by atoms with van der Waals surface area (Å²) < 4.78 is 0. The van der Waals surface area contributed by atoms with Crippen molar-refractivity contribution in [3.05, 3.63) is 0 Å². The molecule has 0 heterocycles. The average molecular weight is 608 g/mol. The second-order valence-corrected chi connectivity index (χ2v) is 20.8. The first kappa shape index (κ1) is 39.3. The van der Waals surface area contributed by atoms with Gasteiger partial charge in [-0.1, -0.05) is 186 Å². The quantitative estimate of drug-likeness (QED) is 0.0458. The highest BCUT2D eigenvalue weighted by Crippen LogP contribution is 2.23. The smallest absolute Gasteiger partial charge is 0.303 e. The summed E-state index contributed by atoms with van der Waals surface area (Å²) in [5.41, 5.74) is 0. The van der Waals surface area contributed by atoms with Crippen molar-refractivity contribution in [3.63, 3.8) is 0 Å². The maximum absolute atomic E-state index is 10.5. The van der Waals surface area contributed by atoms with Crippen LogP contribution >= 0.6 is 22.2 Å². The zero-order valence-corrected chi connectivity index (χ0v) is 28.8. The molecule has 0 saturated carbocycles. The van der Waals surface area contributed by atoms with E-state index in [1.54, 1.807) is 0 Å². The van der Waals surface area contributed by atoms with Gasteiger partial charge >= 0.3 is 5.97 Å². The van der Waals surface area contributed by atoms with E-state index in [2.05, 4.69) is 0 Å². The van der Waals surface area contributed by atoms with Gasteiger partial charge in [-0.15, -0.1) is 22.2 Å². The van der Waals surface area contributed by atoms with Crippen molar-refractivity contribution in [1.29, 1.82) is 0 Å². The number of hydrogen-bond acceptors (Lipinski definition) is 1. The second-order valence-electron chi connectivity index (χ2n) is 12.6. The Balaban J connectivity index is 3.05. The lowest BCUT2D eigenvalue weighted by Gasteiger charge is -2.09. The SMILES string of the molecule is C[Si](Cl)(Cl)CCCCCCCCCCCCCCCCCCCCCCCCCCCCCCCCC(=O)O. The predicted octanol–water partition coefficient (Wildman–Crippen LogP) is 13.7. The highest BCUT2D eigenvalue weighted by Gasteiger charge is 2.19. The number of carboxylic acids is 1. The molecule has 234 valence electrons. The molecule has 0 atom stereocenters. The molecule has 1 N–H and O–H groups in total. The fraction of sp³-hybridized carbons (Fsp3) is 0.971. The van der Waals surface area contributed by atoms with Gasteiger partial charge < -0.3 is 5.11 Å². The van der Waals surface area contributed by atoms with E-state index in [0.717, 1.165) is 18.9 Å². The van der Waals surface area contributed by atoms with Crippen LogP contribution in [0.2, 0.25) is 12.6 Å². The maximum Gasteiger partial charge on any atom is 0.303 e. The molecule has 0 saturated heterocycles. The summed E-state index contributed by atoms with van der Waals surface area (Å²) in [7, 11) is 0. The Morgan fingerprint density at radius 1 is 0.410 bits per heavy atom. The van der Waals surface area contributed by atoms with Gasteiger partial charge in [0.25, 0.3) is 0 Å². The van der Waals surface area contributed by atoms with E-state index >= 15 is 0 Å². The topological polar surface area (TPSA) is 37.3 Å². The number of rotatable bonds is 33. The number of carboxylic acid groups (broad SMARTS) is 1. The van der Waals surface area contributed by atoms with Crippen LogP contribution in [0.1, 0.15) is 199 Å². The van der Waals surface area contributed by atoms with Crippen LogP contribution < -0.4 is 0 Å². The molecule has 0 spiro atoms. The second kappa shape index (κ2) is 31.2. The molecule has 0 aliphatic carbocycles. The van der Waals surface area contributed by atoms with E-state index < -0.39 is 12.7 Å². The van der Waals surface area contributed by atoms with Crippen molar-refractivity contribution in [1.82, 2.24) is 0 Å². The first-order valence-corrected chi connectivity index (χ1v) is 22.2. The third-order valence-corrected chi connectivity index (χ3v) is 10.6. The monoisotopic (exact) mass is 606 g/mol. The molecule has 0 fully saturated rings. The lowest BCUT2D eigenvalue weighted by molar-refractivity contribution is -0.137. The van der Waals surface area contributed by atoms with Crippen LogP contribution in [0.3, 0.4) is 0 Å². The van der Waals surface area contributed by atoms with E-state index in [9.17, 15) is 4.79 Å². The molecule has 5 heteroatoms. The highest BCUT2D eigenvalue weighted by molar-refractivity contribution is 7.44. The van der Waals surface area contributed by atoms with Gasteiger partial charge in [0.2, 0.25) is 6.69 Å². The van der Waals surface area contributed by atoms with Crippen LogP contribution in [0.4, 0.5) is 0 Å². The Hall–Kier alpha value is 0.267. The van der Waals surface area contributed by atoms with E-state index in [4.69, 9.17) is 27.3 Å². The third kappa shape index (κ3) is 38.3. The van der Waals surface area contributed by atoms with Crippen LogP contribution in [0.5, 0.6) is 0 Å². The normalized spacial score (nSPS) is 11.9. The first-order valence-electron chi connectivity index (χ1n) is 17.5. The Kier molecular flexibility index (Phi) is 31.4. The van der Waals surface area contributed by atoms with Crippen molar-refractivity contribution in [2.75, 3.05) is 0 Å². The molecule has 0 aliphatic rings. The molecule has 39 heavy (non-hydrogen) atoms. The Bertz CT molecular complexity index is 496.